The third kappa shape index (κ3) is 4.93. The highest BCUT2D eigenvalue weighted by molar-refractivity contribution is 7.71. The van der Waals surface area contributed by atoms with Gasteiger partial charge in [0.15, 0.2) is 10.6 Å². The second-order valence-electron chi connectivity index (χ2n) is 6.44. The molecule has 1 aromatic carbocycles. The van der Waals surface area contributed by atoms with E-state index < -0.39 is 0 Å². The quantitative estimate of drug-likeness (QED) is 0.580. The molecule has 0 aliphatic heterocycles. The molecule has 9 heteroatoms. The first-order valence-electron chi connectivity index (χ1n) is 8.72. The molecule has 0 radical (unpaired) electrons. The molecule has 3 aromatic rings. The number of thiophene rings is 1. The molecule has 0 atom stereocenters. The van der Waals surface area contributed by atoms with Gasteiger partial charge in [-0.25, -0.2) is 0 Å². The molecule has 0 unspecified atom stereocenters. The minimum atomic E-state index is -0.114. The first-order chi connectivity index (χ1) is 13.4. The highest BCUT2D eigenvalue weighted by atomic mass is 32.1. The van der Waals surface area contributed by atoms with Gasteiger partial charge in [0.05, 0.1) is 11.3 Å². The number of hydrogen-bond acceptors (Lipinski definition) is 5. The number of nitrogens with zero attached hydrogens (tertiary/aromatic N) is 3. The Kier molecular flexibility index (Phi) is 6.37. The molecular formula is C19H21N5O2S2. The summed E-state index contributed by atoms with van der Waals surface area (Å²) in [6.45, 7) is 0.434. The van der Waals surface area contributed by atoms with Gasteiger partial charge in [-0.3, -0.25) is 19.3 Å². The summed E-state index contributed by atoms with van der Waals surface area (Å²) in [5.74, 6) is 0.662. The number of carbonyl (C=O) groups is 2. The Morgan fingerprint density at radius 1 is 1.25 bits per heavy atom. The lowest BCUT2D eigenvalue weighted by molar-refractivity contribution is -0.128. The summed E-state index contributed by atoms with van der Waals surface area (Å²) in [5.41, 5.74) is 1.60. The van der Waals surface area contributed by atoms with E-state index >= 15 is 0 Å². The lowest BCUT2D eigenvalue weighted by atomic mass is 10.1. The van der Waals surface area contributed by atoms with Gasteiger partial charge in [-0.15, -0.1) is 11.3 Å². The number of H-pyrrole nitrogens is 1. The SMILES string of the molecule is CN(C)C(=O)Cc1ccc(NC(=O)CCn2c(-c3cccs3)n[nH]c2=S)cc1. The Hall–Kier alpha value is -2.78. The minimum absolute atomic E-state index is 0.0372. The molecule has 2 aromatic heterocycles. The maximum absolute atomic E-state index is 12.3. The van der Waals surface area contributed by atoms with Gasteiger partial charge >= 0.3 is 0 Å². The standard InChI is InChI=1S/C19H21N5O2S2/c1-23(2)17(26)12-13-5-7-14(8-6-13)20-16(25)9-10-24-18(21-22-19(24)27)15-4-3-11-28-15/h3-8,11H,9-10,12H2,1-2H3,(H,20,25)(H,22,27). The van der Waals surface area contributed by atoms with E-state index in [1.807, 2.05) is 34.2 Å². The fraction of sp³-hybridized carbons (Fsp3) is 0.263. The summed E-state index contributed by atoms with van der Waals surface area (Å²) in [6.07, 6.45) is 0.610. The van der Waals surface area contributed by atoms with Gasteiger partial charge in [0.2, 0.25) is 11.8 Å². The van der Waals surface area contributed by atoms with E-state index in [1.54, 1.807) is 42.5 Å². The topological polar surface area (TPSA) is 83.0 Å². The average molecular weight is 416 g/mol. The van der Waals surface area contributed by atoms with Crippen LogP contribution in [0.4, 0.5) is 5.69 Å². The molecule has 0 saturated heterocycles. The van der Waals surface area contributed by atoms with Crippen molar-refractivity contribution in [2.75, 3.05) is 19.4 Å². The van der Waals surface area contributed by atoms with Gasteiger partial charge in [-0.05, 0) is 41.4 Å². The number of aromatic nitrogens is 3. The summed E-state index contributed by atoms with van der Waals surface area (Å²) in [7, 11) is 3.46. The van der Waals surface area contributed by atoms with Gasteiger partial charge in [0, 0.05) is 32.7 Å². The predicted octanol–water partition coefficient (Wildman–Crippen LogP) is 3.33. The van der Waals surface area contributed by atoms with E-state index in [0.717, 1.165) is 16.3 Å². The lowest BCUT2D eigenvalue weighted by Crippen LogP contribution is -2.23. The van der Waals surface area contributed by atoms with Crippen LogP contribution in [-0.4, -0.2) is 45.6 Å². The third-order valence-corrected chi connectivity index (χ3v) is 5.33. The highest BCUT2D eigenvalue weighted by Crippen LogP contribution is 2.23. The van der Waals surface area contributed by atoms with Crippen molar-refractivity contribution in [3.63, 3.8) is 0 Å². The molecule has 0 aliphatic rings. The highest BCUT2D eigenvalue weighted by Gasteiger charge is 2.12. The van der Waals surface area contributed by atoms with Crippen molar-refractivity contribution in [1.82, 2.24) is 19.7 Å². The summed E-state index contributed by atoms with van der Waals surface area (Å²) >= 11 is 6.85. The van der Waals surface area contributed by atoms with E-state index in [1.165, 1.54) is 0 Å². The number of aromatic amines is 1. The van der Waals surface area contributed by atoms with Crippen LogP contribution in [0.15, 0.2) is 41.8 Å². The van der Waals surface area contributed by atoms with Crippen molar-refractivity contribution in [3.8, 4) is 10.7 Å². The van der Waals surface area contributed by atoms with E-state index in [2.05, 4.69) is 15.5 Å². The fourth-order valence-electron chi connectivity index (χ4n) is 2.59. The number of benzene rings is 1. The van der Waals surface area contributed by atoms with Gasteiger partial charge in [-0.1, -0.05) is 18.2 Å². The first-order valence-corrected chi connectivity index (χ1v) is 10.0. The van der Waals surface area contributed by atoms with Crippen LogP contribution < -0.4 is 5.32 Å². The van der Waals surface area contributed by atoms with Crippen molar-refractivity contribution < 1.29 is 9.59 Å². The van der Waals surface area contributed by atoms with Gasteiger partial charge in [0.25, 0.3) is 0 Å². The second kappa shape index (κ2) is 8.94. The summed E-state index contributed by atoms with van der Waals surface area (Å²) < 4.78 is 2.32. The van der Waals surface area contributed by atoms with Crippen LogP contribution in [0.25, 0.3) is 10.7 Å². The van der Waals surface area contributed by atoms with Crippen molar-refractivity contribution in [3.05, 3.63) is 52.1 Å². The molecule has 2 N–H and O–H groups in total. The van der Waals surface area contributed by atoms with Crippen molar-refractivity contribution in [1.29, 1.82) is 0 Å². The van der Waals surface area contributed by atoms with Gasteiger partial charge in [0.1, 0.15) is 0 Å². The predicted molar refractivity (Wildman–Crippen MR) is 113 cm³/mol. The Bertz CT molecular complexity index is 1000. The van der Waals surface area contributed by atoms with Crippen LogP contribution in [0.2, 0.25) is 0 Å². The number of anilines is 1. The summed E-state index contributed by atoms with van der Waals surface area (Å²) in [6, 6.07) is 11.2. The van der Waals surface area contributed by atoms with Crippen LogP contribution in [0, 0.1) is 4.77 Å². The Morgan fingerprint density at radius 3 is 2.64 bits per heavy atom. The normalized spacial score (nSPS) is 10.6. The number of nitrogens with one attached hydrogen (secondary N) is 2. The molecule has 0 fully saturated rings. The number of likely N-dealkylation sites (N-methyl/N-ethyl adjacent to an activating group) is 1. The maximum Gasteiger partial charge on any atom is 0.226 e. The molecule has 2 amide bonds. The molecule has 3 rings (SSSR count). The van der Waals surface area contributed by atoms with Crippen LogP contribution in [0.5, 0.6) is 0 Å². The van der Waals surface area contributed by atoms with Gasteiger partial charge < -0.3 is 10.2 Å². The number of hydrogen-bond donors (Lipinski definition) is 2. The largest absolute Gasteiger partial charge is 0.349 e. The molecule has 0 bridgehead atoms. The van der Waals surface area contributed by atoms with Crippen LogP contribution >= 0.6 is 23.6 Å². The van der Waals surface area contributed by atoms with Crippen LogP contribution in [0.3, 0.4) is 0 Å². The zero-order valence-corrected chi connectivity index (χ0v) is 17.3. The molecule has 28 heavy (non-hydrogen) atoms. The molecule has 0 saturated carbocycles. The van der Waals surface area contributed by atoms with Crippen LogP contribution in [0.1, 0.15) is 12.0 Å². The number of rotatable bonds is 7. The monoisotopic (exact) mass is 415 g/mol. The lowest BCUT2D eigenvalue weighted by Gasteiger charge is -2.11. The van der Waals surface area contributed by atoms with Crippen LogP contribution in [-0.2, 0) is 22.6 Å². The molecule has 0 aliphatic carbocycles. The van der Waals surface area contributed by atoms with E-state index in [9.17, 15) is 9.59 Å². The van der Waals surface area contributed by atoms with E-state index in [-0.39, 0.29) is 18.2 Å². The zero-order valence-electron chi connectivity index (χ0n) is 15.6. The third-order valence-electron chi connectivity index (χ3n) is 4.15. The Morgan fingerprint density at radius 2 is 2.00 bits per heavy atom. The average Bonchev–Trinajstić information content (AvgIpc) is 3.31. The van der Waals surface area contributed by atoms with Gasteiger partial charge in [-0.2, -0.15) is 5.10 Å². The number of amides is 2. The second-order valence-corrected chi connectivity index (χ2v) is 7.78. The first kappa shape index (κ1) is 20.0. The smallest absolute Gasteiger partial charge is 0.226 e. The van der Waals surface area contributed by atoms with E-state index in [4.69, 9.17) is 12.2 Å². The van der Waals surface area contributed by atoms with Crippen molar-refractivity contribution in [2.45, 2.75) is 19.4 Å². The van der Waals surface area contributed by atoms with Crippen molar-refractivity contribution >= 4 is 41.1 Å². The molecule has 0 spiro atoms. The molecular weight excluding hydrogens is 394 g/mol. The molecule has 7 nitrogen and oxygen atoms in total. The number of carbonyl (C=O) groups excluding carboxylic acids is 2. The van der Waals surface area contributed by atoms with Crippen molar-refractivity contribution in [2.24, 2.45) is 0 Å². The van der Waals surface area contributed by atoms with E-state index in [0.29, 0.717) is 23.4 Å². The summed E-state index contributed by atoms with van der Waals surface area (Å²) in [5, 5.41) is 11.9. The minimum Gasteiger partial charge on any atom is -0.349 e. The molecule has 146 valence electrons. The zero-order chi connectivity index (χ0) is 20.1. The summed E-state index contributed by atoms with van der Waals surface area (Å²) in [4.78, 5) is 26.6. The fourth-order valence-corrected chi connectivity index (χ4v) is 3.54. The Labute approximate surface area is 172 Å². The Balaban J connectivity index is 1.58. The molecule has 2 heterocycles. The maximum atomic E-state index is 12.3.